The van der Waals surface area contributed by atoms with E-state index < -0.39 is 0 Å². The van der Waals surface area contributed by atoms with Crippen molar-refractivity contribution in [2.75, 3.05) is 11.9 Å². The molecule has 0 atom stereocenters. The summed E-state index contributed by atoms with van der Waals surface area (Å²) in [6.07, 6.45) is 0.732. The number of benzene rings is 1. The molecule has 0 saturated heterocycles. The van der Waals surface area contributed by atoms with Crippen molar-refractivity contribution in [3.05, 3.63) is 44.3 Å². The lowest BCUT2D eigenvalue weighted by atomic mass is 10.2. The smallest absolute Gasteiger partial charge is 0.187 e. The van der Waals surface area contributed by atoms with E-state index in [1.54, 1.807) is 0 Å². The molecule has 0 bridgehead atoms. The van der Waals surface area contributed by atoms with Crippen molar-refractivity contribution < 1.29 is 4.79 Å². The van der Waals surface area contributed by atoms with Crippen LogP contribution in [0.25, 0.3) is 0 Å². The summed E-state index contributed by atoms with van der Waals surface area (Å²) in [5.41, 5.74) is 1.15. The zero-order chi connectivity index (χ0) is 13.1. The Bertz CT molecular complexity index is 573. The maximum Gasteiger partial charge on any atom is 0.187 e. The van der Waals surface area contributed by atoms with Gasteiger partial charge in [-0.05, 0) is 11.6 Å². The molecule has 0 amide bonds. The lowest BCUT2D eigenvalue weighted by Crippen LogP contribution is -2.16. The highest BCUT2D eigenvalue weighted by atomic mass is 79.9. The third kappa shape index (κ3) is 2.91. The zero-order valence-corrected chi connectivity index (χ0v) is 12.7. The minimum absolute atomic E-state index is 0.268. The summed E-state index contributed by atoms with van der Waals surface area (Å²) in [5.74, 6) is 0. The Hall–Kier alpha value is -0.910. The Morgan fingerprint density at radius 2 is 2.22 bits per heavy atom. The number of carbonyl (C=O) groups excluding carboxylic acids is 1. The highest BCUT2D eigenvalue weighted by Gasteiger charge is 2.13. The van der Waals surface area contributed by atoms with E-state index in [2.05, 4.69) is 20.9 Å². The number of aldehydes is 1. The van der Waals surface area contributed by atoms with Crippen molar-refractivity contribution in [2.45, 2.75) is 6.54 Å². The summed E-state index contributed by atoms with van der Waals surface area (Å²) in [4.78, 5) is 17.3. The molecular formula is C12H10BrClN2OS. The maximum atomic E-state index is 10.7. The van der Waals surface area contributed by atoms with Crippen molar-refractivity contribution in [3.63, 3.8) is 0 Å². The number of hydrogen-bond acceptors (Lipinski definition) is 4. The number of aromatic nitrogens is 1. The number of anilines is 1. The summed E-state index contributed by atoms with van der Waals surface area (Å²) in [6, 6.07) is 7.99. The minimum atomic E-state index is 0.268. The average Bonchev–Trinajstić information content (AvgIpc) is 2.73. The molecule has 94 valence electrons. The largest absolute Gasteiger partial charge is 0.347 e. The van der Waals surface area contributed by atoms with E-state index in [1.807, 2.05) is 36.2 Å². The van der Waals surface area contributed by atoms with Crippen molar-refractivity contribution >= 4 is 50.3 Å². The van der Waals surface area contributed by atoms with Gasteiger partial charge in [-0.3, -0.25) is 4.79 Å². The molecule has 18 heavy (non-hydrogen) atoms. The van der Waals surface area contributed by atoms with Gasteiger partial charge in [0.15, 0.2) is 16.6 Å². The highest BCUT2D eigenvalue weighted by molar-refractivity contribution is 9.10. The zero-order valence-electron chi connectivity index (χ0n) is 9.56. The molecule has 3 nitrogen and oxygen atoms in total. The molecule has 0 radical (unpaired) electrons. The predicted molar refractivity (Wildman–Crippen MR) is 78.8 cm³/mol. The lowest BCUT2D eigenvalue weighted by molar-refractivity contribution is 0.112. The third-order valence-electron chi connectivity index (χ3n) is 2.40. The SMILES string of the molecule is CN(Cc1ccccc1Br)c1nc(Cl)c(C=O)s1. The van der Waals surface area contributed by atoms with Gasteiger partial charge < -0.3 is 4.90 Å². The van der Waals surface area contributed by atoms with E-state index in [9.17, 15) is 4.79 Å². The molecule has 2 rings (SSSR count). The number of rotatable bonds is 4. The Labute approximate surface area is 123 Å². The molecule has 0 aliphatic rings. The number of halogens is 2. The Morgan fingerprint density at radius 1 is 1.50 bits per heavy atom. The Kier molecular flexibility index (Phi) is 4.37. The first-order chi connectivity index (χ1) is 8.61. The van der Waals surface area contributed by atoms with Gasteiger partial charge >= 0.3 is 0 Å². The van der Waals surface area contributed by atoms with Gasteiger partial charge in [-0.1, -0.05) is 57.1 Å². The topological polar surface area (TPSA) is 33.2 Å². The van der Waals surface area contributed by atoms with Crippen LogP contribution in [0.4, 0.5) is 5.13 Å². The van der Waals surface area contributed by atoms with Crippen molar-refractivity contribution in [1.29, 1.82) is 0 Å². The monoisotopic (exact) mass is 344 g/mol. The molecule has 2 aromatic rings. The molecule has 0 spiro atoms. The number of carbonyl (C=O) groups is 1. The molecular weight excluding hydrogens is 336 g/mol. The van der Waals surface area contributed by atoms with E-state index in [0.717, 1.165) is 21.5 Å². The molecule has 0 aliphatic carbocycles. The van der Waals surface area contributed by atoms with Crippen LogP contribution in [0.3, 0.4) is 0 Å². The molecule has 0 unspecified atom stereocenters. The molecule has 1 aromatic heterocycles. The Balaban J connectivity index is 2.19. The second-order valence-electron chi connectivity index (χ2n) is 3.72. The molecule has 1 aromatic carbocycles. The van der Waals surface area contributed by atoms with E-state index in [-0.39, 0.29) is 5.15 Å². The van der Waals surface area contributed by atoms with E-state index in [4.69, 9.17) is 11.6 Å². The highest BCUT2D eigenvalue weighted by Crippen LogP contribution is 2.29. The first kappa shape index (κ1) is 13.5. The third-order valence-corrected chi connectivity index (χ3v) is 4.67. The van der Waals surface area contributed by atoms with Gasteiger partial charge in [0.05, 0.1) is 0 Å². The number of thiazole rings is 1. The summed E-state index contributed by atoms with van der Waals surface area (Å²) in [7, 11) is 1.92. The van der Waals surface area contributed by atoms with Crippen LogP contribution in [-0.4, -0.2) is 18.3 Å². The maximum absolute atomic E-state index is 10.7. The molecule has 0 fully saturated rings. The summed E-state index contributed by atoms with van der Waals surface area (Å²) >= 11 is 10.7. The van der Waals surface area contributed by atoms with E-state index in [0.29, 0.717) is 11.4 Å². The standard InChI is InChI=1S/C12H10BrClN2OS/c1-16(6-8-4-2-3-5-9(8)13)12-15-11(14)10(7-17)18-12/h2-5,7H,6H2,1H3. The van der Waals surface area contributed by atoms with Gasteiger partial charge in [-0.25, -0.2) is 4.98 Å². The Morgan fingerprint density at radius 3 is 2.83 bits per heavy atom. The molecule has 1 heterocycles. The number of hydrogen-bond donors (Lipinski definition) is 0. The second-order valence-corrected chi connectivity index (χ2v) is 5.94. The molecule has 0 saturated carbocycles. The minimum Gasteiger partial charge on any atom is -0.347 e. The fraction of sp³-hybridized carbons (Fsp3) is 0.167. The van der Waals surface area contributed by atoms with Gasteiger partial charge in [0, 0.05) is 18.1 Å². The van der Waals surface area contributed by atoms with Crippen LogP contribution < -0.4 is 4.90 Å². The van der Waals surface area contributed by atoms with Gasteiger partial charge in [0.25, 0.3) is 0 Å². The van der Waals surface area contributed by atoms with Crippen LogP contribution >= 0.6 is 38.9 Å². The van der Waals surface area contributed by atoms with Crippen LogP contribution in [-0.2, 0) is 6.54 Å². The van der Waals surface area contributed by atoms with Crippen LogP contribution in [0.5, 0.6) is 0 Å². The first-order valence-corrected chi connectivity index (χ1v) is 7.16. The summed E-state index contributed by atoms with van der Waals surface area (Å²) in [6.45, 7) is 0.698. The molecule has 6 heteroatoms. The average molecular weight is 346 g/mol. The quantitative estimate of drug-likeness (QED) is 0.785. The normalized spacial score (nSPS) is 10.4. The van der Waals surface area contributed by atoms with Crippen LogP contribution in [0, 0.1) is 0 Å². The molecule has 0 N–H and O–H groups in total. The van der Waals surface area contributed by atoms with Crippen molar-refractivity contribution in [3.8, 4) is 0 Å². The fourth-order valence-corrected chi connectivity index (χ4v) is 2.92. The van der Waals surface area contributed by atoms with Gasteiger partial charge in [-0.15, -0.1) is 0 Å². The van der Waals surface area contributed by atoms with Gasteiger partial charge in [-0.2, -0.15) is 0 Å². The second kappa shape index (κ2) is 5.82. The number of nitrogens with zero attached hydrogens (tertiary/aromatic N) is 2. The van der Waals surface area contributed by atoms with Gasteiger partial charge in [0.1, 0.15) is 4.88 Å². The fourth-order valence-electron chi connectivity index (χ4n) is 1.49. The van der Waals surface area contributed by atoms with E-state index >= 15 is 0 Å². The predicted octanol–water partition coefficient (Wildman–Crippen LogP) is 4.01. The lowest BCUT2D eigenvalue weighted by Gasteiger charge is -2.16. The van der Waals surface area contributed by atoms with Crippen molar-refractivity contribution in [1.82, 2.24) is 4.98 Å². The van der Waals surface area contributed by atoms with Crippen LogP contribution in [0.15, 0.2) is 28.7 Å². The van der Waals surface area contributed by atoms with E-state index in [1.165, 1.54) is 11.3 Å². The van der Waals surface area contributed by atoms with Crippen molar-refractivity contribution in [2.24, 2.45) is 0 Å². The first-order valence-electron chi connectivity index (χ1n) is 5.18. The van der Waals surface area contributed by atoms with Gasteiger partial charge in [0.2, 0.25) is 0 Å². The molecule has 0 aliphatic heterocycles. The van der Waals surface area contributed by atoms with Crippen LogP contribution in [0.2, 0.25) is 5.15 Å². The summed E-state index contributed by atoms with van der Waals surface area (Å²) in [5, 5.41) is 1.00. The summed E-state index contributed by atoms with van der Waals surface area (Å²) < 4.78 is 1.05. The van der Waals surface area contributed by atoms with Crippen LogP contribution in [0.1, 0.15) is 15.2 Å².